The molecule has 2 aliphatic heterocycles. The largest absolute Gasteiger partial charge is 0.364 e. The fraction of sp³-hybridized carbons (Fsp3) is 0.636. The average molecular weight is 258 g/mol. The van der Waals surface area contributed by atoms with E-state index in [1.807, 2.05) is 4.90 Å². The molecule has 6 heteroatoms. The molecule has 0 radical (unpaired) electrons. The third-order valence-electron chi connectivity index (χ3n) is 3.65. The summed E-state index contributed by atoms with van der Waals surface area (Å²) >= 11 is 0. The standard InChI is InChI=1S/C11H15N3O2.ClH/c15-11(10-2-4-16-13-10)14-3-1-8-5-12-6-9(8)7-14;/h2,4,8-9,12H,1,3,5-7H2;1H. The van der Waals surface area contributed by atoms with Crippen LogP contribution in [0.15, 0.2) is 16.9 Å². The van der Waals surface area contributed by atoms with Gasteiger partial charge in [-0.3, -0.25) is 4.79 Å². The maximum atomic E-state index is 12.0. The molecule has 1 aromatic heterocycles. The highest BCUT2D eigenvalue weighted by Gasteiger charge is 2.35. The molecule has 5 nitrogen and oxygen atoms in total. The third-order valence-corrected chi connectivity index (χ3v) is 3.65. The number of halogens is 1. The lowest BCUT2D eigenvalue weighted by molar-refractivity contribution is 0.0632. The lowest BCUT2D eigenvalue weighted by Gasteiger charge is -2.33. The van der Waals surface area contributed by atoms with Crippen LogP contribution in [0, 0.1) is 11.8 Å². The first kappa shape index (κ1) is 12.4. The third kappa shape index (κ3) is 2.30. The summed E-state index contributed by atoms with van der Waals surface area (Å²) in [5.74, 6) is 1.37. The predicted octanol–water partition coefficient (Wildman–Crippen LogP) is 0.778. The van der Waals surface area contributed by atoms with Crippen LogP contribution in [0.1, 0.15) is 16.9 Å². The van der Waals surface area contributed by atoms with E-state index < -0.39 is 0 Å². The molecule has 94 valence electrons. The van der Waals surface area contributed by atoms with Crippen molar-refractivity contribution in [2.24, 2.45) is 11.8 Å². The minimum atomic E-state index is -0.000833. The van der Waals surface area contributed by atoms with Gasteiger partial charge in [0.2, 0.25) is 0 Å². The van der Waals surface area contributed by atoms with Crippen LogP contribution in [-0.2, 0) is 0 Å². The van der Waals surface area contributed by atoms with Gasteiger partial charge in [-0.1, -0.05) is 5.16 Å². The van der Waals surface area contributed by atoms with Crippen LogP contribution in [0.3, 0.4) is 0 Å². The second kappa shape index (κ2) is 5.06. The van der Waals surface area contributed by atoms with E-state index >= 15 is 0 Å². The molecule has 0 aromatic carbocycles. The summed E-state index contributed by atoms with van der Waals surface area (Å²) in [6.07, 6.45) is 2.54. The summed E-state index contributed by atoms with van der Waals surface area (Å²) in [6, 6.07) is 1.63. The van der Waals surface area contributed by atoms with Gasteiger partial charge in [-0.05, 0) is 31.3 Å². The minimum Gasteiger partial charge on any atom is -0.364 e. The number of hydrogen-bond donors (Lipinski definition) is 1. The van der Waals surface area contributed by atoms with Gasteiger partial charge in [0.25, 0.3) is 5.91 Å². The van der Waals surface area contributed by atoms with Crippen molar-refractivity contribution in [3.8, 4) is 0 Å². The summed E-state index contributed by atoms with van der Waals surface area (Å²) in [4.78, 5) is 13.9. The van der Waals surface area contributed by atoms with E-state index in [0.717, 1.165) is 38.5 Å². The molecule has 3 heterocycles. The Morgan fingerprint density at radius 1 is 1.47 bits per heavy atom. The van der Waals surface area contributed by atoms with Crippen LogP contribution < -0.4 is 5.32 Å². The molecule has 2 saturated heterocycles. The quantitative estimate of drug-likeness (QED) is 0.808. The van der Waals surface area contributed by atoms with Crippen molar-refractivity contribution in [3.63, 3.8) is 0 Å². The van der Waals surface area contributed by atoms with Gasteiger partial charge in [-0.15, -0.1) is 12.4 Å². The number of piperidine rings is 1. The molecule has 0 bridgehead atoms. The van der Waals surface area contributed by atoms with E-state index in [-0.39, 0.29) is 18.3 Å². The van der Waals surface area contributed by atoms with Gasteiger partial charge < -0.3 is 14.7 Å². The first-order valence-electron chi connectivity index (χ1n) is 5.75. The van der Waals surface area contributed by atoms with Crippen molar-refractivity contribution >= 4 is 18.3 Å². The number of carbonyl (C=O) groups excluding carboxylic acids is 1. The second-order valence-electron chi connectivity index (χ2n) is 4.60. The van der Waals surface area contributed by atoms with Crippen LogP contribution in [0.5, 0.6) is 0 Å². The number of fused-ring (bicyclic) bond motifs is 1. The molecular formula is C11H16ClN3O2. The van der Waals surface area contributed by atoms with Gasteiger partial charge in [-0.2, -0.15) is 0 Å². The Morgan fingerprint density at radius 3 is 3.06 bits per heavy atom. The Morgan fingerprint density at radius 2 is 2.29 bits per heavy atom. The van der Waals surface area contributed by atoms with Gasteiger partial charge in [0.15, 0.2) is 5.69 Å². The van der Waals surface area contributed by atoms with Crippen LogP contribution in [-0.4, -0.2) is 42.1 Å². The number of hydrogen-bond acceptors (Lipinski definition) is 4. The topological polar surface area (TPSA) is 58.4 Å². The maximum absolute atomic E-state index is 12.0. The number of rotatable bonds is 1. The fourth-order valence-electron chi connectivity index (χ4n) is 2.70. The lowest BCUT2D eigenvalue weighted by atomic mass is 9.88. The molecule has 0 spiro atoms. The molecule has 0 saturated carbocycles. The molecule has 2 aliphatic rings. The van der Waals surface area contributed by atoms with E-state index in [0.29, 0.717) is 11.6 Å². The Bertz CT molecular complexity index is 382. The van der Waals surface area contributed by atoms with Gasteiger partial charge in [0, 0.05) is 19.2 Å². The van der Waals surface area contributed by atoms with Crippen molar-refractivity contribution < 1.29 is 9.32 Å². The molecular weight excluding hydrogens is 242 g/mol. The van der Waals surface area contributed by atoms with Crippen LogP contribution in [0.2, 0.25) is 0 Å². The van der Waals surface area contributed by atoms with E-state index in [1.54, 1.807) is 6.07 Å². The van der Waals surface area contributed by atoms with Crippen molar-refractivity contribution in [2.75, 3.05) is 26.2 Å². The number of amides is 1. The number of nitrogens with one attached hydrogen (secondary N) is 1. The molecule has 2 unspecified atom stereocenters. The van der Waals surface area contributed by atoms with E-state index in [9.17, 15) is 4.79 Å². The Balaban J connectivity index is 0.00000108. The smallest absolute Gasteiger partial charge is 0.276 e. The molecule has 0 aliphatic carbocycles. The normalized spacial score (nSPS) is 27.4. The zero-order chi connectivity index (χ0) is 11.0. The Hall–Kier alpha value is -1.07. The highest BCUT2D eigenvalue weighted by atomic mass is 35.5. The van der Waals surface area contributed by atoms with E-state index in [2.05, 4.69) is 10.5 Å². The Kier molecular flexibility index (Phi) is 3.69. The average Bonchev–Trinajstić information content (AvgIpc) is 2.98. The van der Waals surface area contributed by atoms with Crippen LogP contribution >= 0.6 is 12.4 Å². The number of carbonyl (C=O) groups is 1. The molecule has 2 atom stereocenters. The van der Waals surface area contributed by atoms with Gasteiger partial charge in [0.1, 0.15) is 6.26 Å². The molecule has 3 rings (SSSR count). The van der Waals surface area contributed by atoms with E-state index in [4.69, 9.17) is 4.52 Å². The van der Waals surface area contributed by atoms with Crippen LogP contribution in [0.25, 0.3) is 0 Å². The zero-order valence-electron chi connectivity index (χ0n) is 9.46. The van der Waals surface area contributed by atoms with Gasteiger partial charge in [-0.25, -0.2) is 0 Å². The highest BCUT2D eigenvalue weighted by molar-refractivity contribution is 5.92. The van der Waals surface area contributed by atoms with Crippen LogP contribution in [0.4, 0.5) is 0 Å². The lowest BCUT2D eigenvalue weighted by Crippen LogP contribution is -2.43. The molecule has 1 N–H and O–H groups in total. The SMILES string of the molecule is Cl.O=C(c1ccon1)N1CCC2CNCC2C1. The summed E-state index contributed by atoms with van der Waals surface area (Å²) in [6.45, 7) is 3.84. The minimum absolute atomic E-state index is 0. The van der Waals surface area contributed by atoms with Crippen molar-refractivity contribution in [1.29, 1.82) is 0 Å². The van der Waals surface area contributed by atoms with E-state index in [1.165, 1.54) is 6.26 Å². The zero-order valence-corrected chi connectivity index (χ0v) is 10.3. The summed E-state index contributed by atoms with van der Waals surface area (Å²) in [7, 11) is 0. The first-order valence-corrected chi connectivity index (χ1v) is 5.75. The molecule has 1 aromatic rings. The highest BCUT2D eigenvalue weighted by Crippen LogP contribution is 2.27. The van der Waals surface area contributed by atoms with Gasteiger partial charge >= 0.3 is 0 Å². The van der Waals surface area contributed by atoms with Crippen molar-refractivity contribution in [3.05, 3.63) is 18.0 Å². The number of likely N-dealkylation sites (tertiary alicyclic amines) is 1. The fourth-order valence-corrected chi connectivity index (χ4v) is 2.70. The summed E-state index contributed by atoms with van der Waals surface area (Å²) in [5, 5.41) is 7.08. The van der Waals surface area contributed by atoms with Crippen molar-refractivity contribution in [2.45, 2.75) is 6.42 Å². The molecule has 1 amide bonds. The second-order valence-corrected chi connectivity index (χ2v) is 4.60. The van der Waals surface area contributed by atoms with Gasteiger partial charge in [0.05, 0.1) is 0 Å². The number of nitrogens with zero attached hydrogens (tertiary/aromatic N) is 2. The molecule has 2 fully saturated rings. The monoisotopic (exact) mass is 257 g/mol. The Labute approximate surface area is 106 Å². The summed E-state index contributed by atoms with van der Waals surface area (Å²) < 4.78 is 4.70. The first-order chi connectivity index (χ1) is 7.84. The maximum Gasteiger partial charge on any atom is 0.276 e. The molecule has 17 heavy (non-hydrogen) atoms. The predicted molar refractivity (Wildman–Crippen MR) is 64.1 cm³/mol. The van der Waals surface area contributed by atoms with Crippen molar-refractivity contribution in [1.82, 2.24) is 15.4 Å². The summed E-state index contributed by atoms with van der Waals surface area (Å²) in [5.41, 5.74) is 0.421. The number of aromatic nitrogens is 1.